The molecule has 0 radical (unpaired) electrons. The van der Waals surface area contributed by atoms with E-state index in [0.29, 0.717) is 25.0 Å². The molecule has 156 valence electrons. The summed E-state index contributed by atoms with van der Waals surface area (Å²) in [4.78, 5) is 25.0. The molecular weight excluding hydrogens is 390 g/mol. The zero-order valence-corrected chi connectivity index (χ0v) is 17.3. The Morgan fingerprint density at radius 3 is 2.62 bits per heavy atom. The molecule has 2 aromatic rings. The number of aryl methyl sites for hydroxylation is 1. The number of nitrogens with one attached hydrogen (secondary N) is 1. The summed E-state index contributed by atoms with van der Waals surface area (Å²) in [6.07, 6.45) is 1.89. The van der Waals surface area contributed by atoms with E-state index < -0.39 is 22.6 Å². The highest BCUT2D eigenvalue weighted by Crippen LogP contribution is 2.44. The maximum Gasteiger partial charge on any atom is 0.227 e. The smallest absolute Gasteiger partial charge is 0.227 e. The number of carbonyl (C=O) groups is 1. The Morgan fingerprint density at radius 2 is 1.97 bits per heavy atom. The Labute approximate surface area is 174 Å². The van der Waals surface area contributed by atoms with Crippen molar-refractivity contribution < 1.29 is 19.4 Å². The number of thioether (sulfide) groups is 1. The highest BCUT2D eigenvalue weighted by Gasteiger charge is 2.41. The van der Waals surface area contributed by atoms with E-state index in [-0.39, 0.29) is 24.7 Å². The largest absolute Gasteiger partial charge is 0.502 e. The minimum atomic E-state index is -0.725. The van der Waals surface area contributed by atoms with Crippen LogP contribution >= 0.6 is 11.8 Å². The van der Waals surface area contributed by atoms with Gasteiger partial charge in [-0.05, 0) is 43.3 Å². The van der Waals surface area contributed by atoms with Gasteiger partial charge < -0.3 is 19.9 Å². The molecule has 0 bridgehead atoms. The third-order valence-electron chi connectivity index (χ3n) is 5.39. The molecule has 0 spiro atoms. The lowest BCUT2D eigenvalue weighted by Gasteiger charge is -2.36. The van der Waals surface area contributed by atoms with Crippen molar-refractivity contribution in [3.63, 3.8) is 0 Å². The maximum atomic E-state index is 12.9. The molecule has 1 amide bonds. The first-order valence-corrected chi connectivity index (χ1v) is 10.9. The SMILES string of the molecule is Cc1cc(=O)c(O)c(C2(CC(=O)NC(CO)Cc3ccccc3)CCSCC2)o1. The zero-order valence-electron chi connectivity index (χ0n) is 16.5. The fourth-order valence-electron chi connectivity index (χ4n) is 3.86. The van der Waals surface area contributed by atoms with Crippen LogP contribution in [0.2, 0.25) is 0 Å². The summed E-state index contributed by atoms with van der Waals surface area (Å²) in [6, 6.07) is 10.5. The third-order valence-corrected chi connectivity index (χ3v) is 6.37. The molecule has 1 aliphatic rings. The predicted molar refractivity (Wildman–Crippen MR) is 113 cm³/mol. The molecule has 1 atom stereocenters. The van der Waals surface area contributed by atoms with Crippen LogP contribution in [0.5, 0.6) is 5.75 Å². The summed E-state index contributed by atoms with van der Waals surface area (Å²) in [5.74, 6) is 1.63. The van der Waals surface area contributed by atoms with Gasteiger partial charge in [-0.2, -0.15) is 11.8 Å². The van der Waals surface area contributed by atoms with Crippen molar-refractivity contribution in [2.75, 3.05) is 18.1 Å². The molecule has 7 heteroatoms. The number of amides is 1. The van der Waals surface area contributed by atoms with Crippen LogP contribution in [0.4, 0.5) is 0 Å². The molecule has 6 nitrogen and oxygen atoms in total. The van der Waals surface area contributed by atoms with E-state index >= 15 is 0 Å². The molecule has 0 saturated carbocycles. The second kappa shape index (κ2) is 9.50. The Kier molecular flexibility index (Phi) is 7.03. The Bertz CT molecular complexity index is 890. The van der Waals surface area contributed by atoms with E-state index in [1.807, 2.05) is 30.3 Å². The minimum Gasteiger partial charge on any atom is -0.502 e. The quantitative estimate of drug-likeness (QED) is 0.640. The number of hydrogen-bond acceptors (Lipinski definition) is 6. The highest BCUT2D eigenvalue weighted by molar-refractivity contribution is 7.99. The summed E-state index contributed by atoms with van der Waals surface area (Å²) >= 11 is 1.78. The lowest BCUT2D eigenvalue weighted by atomic mass is 9.75. The molecular formula is C22H27NO5S. The molecule has 29 heavy (non-hydrogen) atoms. The second-order valence-corrected chi connectivity index (χ2v) is 8.83. The van der Waals surface area contributed by atoms with Gasteiger partial charge in [-0.25, -0.2) is 0 Å². The van der Waals surface area contributed by atoms with E-state index in [1.165, 1.54) is 6.07 Å². The van der Waals surface area contributed by atoms with Gasteiger partial charge in [-0.3, -0.25) is 9.59 Å². The van der Waals surface area contributed by atoms with Crippen LogP contribution in [0, 0.1) is 6.92 Å². The van der Waals surface area contributed by atoms with Gasteiger partial charge in [0.05, 0.1) is 12.6 Å². The van der Waals surface area contributed by atoms with Gasteiger partial charge in [0, 0.05) is 17.9 Å². The molecule has 0 aliphatic carbocycles. The average molecular weight is 418 g/mol. The first-order chi connectivity index (χ1) is 13.9. The normalized spacial score (nSPS) is 16.9. The number of benzene rings is 1. The molecule has 1 fully saturated rings. The predicted octanol–water partition coefficient (Wildman–Crippen LogP) is 2.53. The fourth-order valence-corrected chi connectivity index (χ4v) is 5.13. The lowest BCUT2D eigenvalue weighted by Crippen LogP contribution is -2.44. The topological polar surface area (TPSA) is 99.8 Å². The molecule has 2 heterocycles. The van der Waals surface area contributed by atoms with Crippen LogP contribution in [0.25, 0.3) is 0 Å². The number of aromatic hydroxyl groups is 1. The molecule has 1 saturated heterocycles. The van der Waals surface area contributed by atoms with Crippen molar-refractivity contribution in [1.29, 1.82) is 0 Å². The number of rotatable bonds is 7. The number of carbonyl (C=O) groups excluding carboxylic acids is 1. The average Bonchev–Trinajstić information content (AvgIpc) is 2.71. The third kappa shape index (κ3) is 5.22. The van der Waals surface area contributed by atoms with Crippen LogP contribution in [0.15, 0.2) is 45.6 Å². The molecule has 3 rings (SSSR count). The first kappa shape index (κ1) is 21.5. The van der Waals surface area contributed by atoms with E-state index in [2.05, 4.69) is 5.32 Å². The second-order valence-electron chi connectivity index (χ2n) is 7.61. The number of hydrogen-bond donors (Lipinski definition) is 3. The van der Waals surface area contributed by atoms with Crippen molar-refractivity contribution >= 4 is 17.7 Å². The van der Waals surface area contributed by atoms with Crippen LogP contribution in [0.1, 0.15) is 36.3 Å². The van der Waals surface area contributed by atoms with Crippen molar-refractivity contribution in [2.45, 2.75) is 44.1 Å². The van der Waals surface area contributed by atoms with Crippen molar-refractivity contribution in [3.8, 4) is 5.75 Å². The summed E-state index contributed by atoms with van der Waals surface area (Å²) < 4.78 is 5.77. The van der Waals surface area contributed by atoms with E-state index in [9.17, 15) is 19.8 Å². The summed E-state index contributed by atoms with van der Waals surface area (Å²) in [7, 11) is 0. The Morgan fingerprint density at radius 1 is 1.28 bits per heavy atom. The van der Waals surface area contributed by atoms with Crippen molar-refractivity contribution in [2.24, 2.45) is 0 Å². The molecule has 1 aromatic heterocycles. The summed E-state index contributed by atoms with van der Waals surface area (Å²) in [5, 5.41) is 23.0. The molecule has 1 aliphatic heterocycles. The van der Waals surface area contributed by atoms with Crippen molar-refractivity contribution in [3.05, 3.63) is 63.7 Å². The van der Waals surface area contributed by atoms with Gasteiger partial charge in [0.1, 0.15) is 5.76 Å². The van der Waals surface area contributed by atoms with E-state index in [0.717, 1.165) is 17.1 Å². The van der Waals surface area contributed by atoms with Gasteiger partial charge in [0.2, 0.25) is 17.1 Å². The van der Waals surface area contributed by atoms with Gasteiger partial charge in [0.25, 0.3) is 0 Å². The lowest BCUT2D eigenvalue weighted by molar-refractivity contribution is -0.123. The molecule has 3 N–H and O–H groups in total. The highest BCUT2D eigenvalue weighted by atomic mass is 32.2. The van der Waals surface area contributed by atoms with Crippen LogP contribution in [-0.4, -0.2) is 40.3 Å². The molecule has 1 aromatic carbocycles. The molecule has 1 unspecified atom stereocenters. The van der Waals surface area contributed by atoms with Crippen LogP contribution in [0.3, 0.4) is 0 Å². The van der Waals surface area contributed by atoms with Gasteiger partial charge in [-0.1, -0.05) is 30.3 Å². The van der Waals surface area contributed by atoms with Gasteiger partial charge in [-0.15, -0.1) is 0 Å². The number of aliphatic hydroxyl groups is 1. The standard InChI is InChI=1S/C22H27NO5S/c1-15-11-18(25)20(27)21(28-15)22(7-9-29-10-8-22)13-19(26)23-17(14-24)12-16-5-3-2-4-6-16/h2-6,11,17,24,27H,7-10,12-14H2,1H3,(H,23,26). The van der Waals surface area contributed by atoms with Gasteiger partial charge in [0.15, 0.2) is 5.76 Å². The Balaban J connectivity index is 1.80. The number of aliphatic hydroxyl groups excluding tert-OH is 1. The van der Waals surface area contributed by atoms with Crippen molar-refractivity contribution in [1.82, 2.24) is 5.32 Å². The first-order valence-electron chi connectivity index (χ1n) is 9.79. The Hall–Kier alpha value is -2.25. The zero-order chi connectivity index (χ0) is 20.9. The minimum absolute atomic E-state index is 0.0960. The van der Waals surface area contributed by atoms with Crippen LogP contribution in [-0.2, 0) is 16.6 Å². The fraction of sp³-hybridized carbons (Fsp3) is 0.455. The monoisotopic (exact) mass is 417 g/mol. The van der Waals surface area contributed by atoms with Crippen LogP contribution < -0.4 is 10.7 Å². The maximum absolute atomic E-state index is 12.9. The van der Waals surface area contributed by atoms with Gasteiger partial charge >= 0.3 is 0 Å². The summed E-state index contributed by atoms with van der Waals surface area (Å²) in [6.45, 7) is 1.49. The van der Waals surface area contributed by atoms with E-state index in [1.54, 1.807) is 18.7 Å². The van der Waals surface area contributed by atoms with E-state index in [4.69, 9.17) is 4.42 Å². The summed E-state index contributed by atoms with van der Waals surface area (Å²) in [5.41, 5.74) is -0.186.